The third-order valence-electron chi connectivity index (χ3n) is 3.68. The lowest BCUT2D eigenvalue weighted by atomic mass is 10.2. The number of aliphatic imine (C=N–C) groups is 1. The Kier molecular flexibility index (Phi) is 7.25. The van der Waals surface area contributed by atoms with E-state index in [1.54, 1.807) is 0 Å². The summed E-state index contributed by atoms with van der Waals surface area (Å²) in [7, 11) is 0. The molecule has 1 aliphatic carbocycles. The second kappa shape index (κ2) is 9.66. The summed E-state index contributed by atoms with van der Waals surface area (Å²) in [6, 6.07) is 7.61. The quantitative estimate of drug-likeness (QED) is 0.324. The molecule has 7 heteroatoms. The number of nitrogens with zero attached hydrogens (tertiary/aromatic N) is 1. The minimum Gasteiger partial charge on any atom is -0.357 e. The van der Waals surface area contributed by atoms with E-state index in [4.69, 9.17) is 0 Å². The third kappa shape index (κ3) is 7.24. The fourth-order valence-corrected chi connectivity index (χ4v) is 2.32. The minimum atomic E-state index is -0.0936. The Morgan fingerprint density at radius 1 is 1.16 bits per heavy atom. The van der Waals surface area contributed by atoms with Gasteiger partial charge in [0, 0.05) is 38.2 Å². The van der Waals surface area contributed by atoms with Crippen LogP contribution in [0.4, 0.5) is 5.69 Å². The summed E-state index contributed by atoms with van der Waals surface area (Å²) in [4.78, 5) is 27.2. The molecule has 0 spiro atoms. The van der Waals surface area contributed by atoms with Crippen LogP contribution in [0.15, 0.2) is 29.3 Å². The summed E-state index contributed by atoms with van der Waals surface area (Å²) in [6.07, 6.45) is 2.03. The summed E-state index contributed by atoms with van der Waals surface area (Å²) >= 11 is 0. The molecule has 1 fully saturated rings. The van der Waals surface area contributed by atoms with Gasteiger partial charge in [0.05, 0.1) is 6.54 Å². The van der Waals surface area contributed by atoms with Crippen molar-refractivity contribution in [3.63, 3.8) is 0 Å². The number of guanidine groups is 1. The van der Waals surface area contributed by atoms with E-state index in [1.165, 1.54) is 6.92 Å². The second-order valence-electron chi connectivity index (χ2n) is 6.07. The first kappa shape index (κ1) is 18.8. The van der Waals surface area contributed by atoms with Crippen LogP contribution in [0, 0.1) is 5.92 Å². The van der Waals surface area contributed by atoms with Gasteiger partial charge in [-0.2, -0.15) is 0 Å². The van der Waals surface area contributed by atoms with Crippen LogP contribution in [0.25, 0.3) is 0 Å². The molecule has 0 aliphatic heterocycles. The van der Waals surface area contributed by atoms with Gasteiger partial charge in [0.2, 0.25) is 11.8 Å². The van der Waals surface area contributed by atoms with E-state index in [0.29, 0.717) is 25.6 Å². The number of rotatable bonds is 8. The van der Waals surface area contributed by atoms with E-state index in [-0.39, 0.29) is 17.7 Å². The maximum absolute atomic E-state index is 11.6. The van der Waals surface area contributed by atoms with Gasteiger partial charge < -0.3 is 21.3 Å². The van der Waals surface area contributed by atoms with Crippen LogP contribution in [0.5, 0.6) is 0 Å². The summed E-state index contributed by atoms with van der Waals surface area (Å²) in [5, 5.41) is 12.1. The van der Waals surface area contributed by atoms with Crippen molar-refractivity contribution in [3.05, 3.63) is 29.8 Å². The maximum Gasteiger partial charge on any atom is 0.223 e. The molecular weight excluding hydrogens is 318 g/mol. The zero-order valence-electron chi connectivity index (χ0n) is 14.9. The van der Waals surface area contributed by atoms with Gasteiger partial charge in [-0.15, -0.1) is 0 Å². The first-order valence-corrected chi connectivity index (χ1v) is 8.75. The molecular formula is C18H27N5O2. The molecule has 0 unspecified atom stereocenters. The van der Waals surface area contributed by atoms with E-state index < -0.39 is 0 Å². The number of carbonyl (C=O) groups excluding carboxylic acids is 2. The Morgan fingerprint density at radius 2 is 1.92 bits per heavy atom. The number of nitrogens with one attached hydrogen (secondary N) is 4. The zero-order chi connectivity index (χ0) is 18.1. The van der Waals surface area contributed by atoms with Gasteiger partial charge in [0.1, 0.15) is 0 Å². The standard InChI is InChI=1S/C18H27N5O2/c1-3-19-18(21-10-9-20-17(25)15-7-8-15)22-12-14-5-4-6-16(11-14)23-13(2)24/h4-6,11,15H,3,7-10,12H2,1-2H3,(H,20,25)(H,23,24)(H2,19,21,22). The smallest absolute Gasteiger partial charge is 0.223 e. The van der Waals surface area contributed by atoms with Crippen LogP contribution in [-0.2, 0) is 16.1 Å². The van der Waals surface area contributed by atoms with Crippen molar-refractivity contribution in [1.29, 1.82) is 0 Å². The molecule has 0 radical (unpaired) electrons. The average molecular weight is 345 g/mol. The molecule has 0 saturated heterocycles. The molecule has 0 bridgehead atoms. The van der Waals surface area contributed by atoms with Gasteiger partial charge in [-0.25, -0.2) is 4.99 Å². The number of anilines is 1. The summed E-state index contributed by atoms with van der Waals surface area (Å²) in [5.41, 5.74) is 1.77. The van der Waals surface area contributed by atoms with E-state index >= 15 is 0 Å². The Bertz CT molecular complexity index is 626. The minimum absolute atomic E-state index is 0.0936. The van der Waals surface area contributed by atoms with Gasteiger partial charge in [-0.1, -0.05) is 12.1 Å². The van der Waals surface area contributed by atoms with Crippen LogP contribution in [0.1, 0.15) is 32.3 Å². The average Bonchev–Trinajstić information content (AvgIpc) is 3.41. The lowest BCUT2D eigenvalue weighted by Crippen LogP contribution is -2.41. The van der Waals surface area contributed by atoms with Crippen LogP contribution < -0.4 is 21.3 Å². The van der Waals surface area contributed by atoms with Crippen molar-refractivity contribution in [2.24, 2.45) is 10.9 Å². The van der Waals surface area contributed by atoms with Gasteiger partial charge >= 0.3 is 0 Å². The van der Waals surface area contributed by atoms with Crippen molar-refractivity contribution in [1.82, 2.24) is 16.0 Å². The normalized spacial score (nSPS) is 13.9. The van der Waals surface area contributed by atoms with Crippen LogP contribution in [0.2, 0.25) is 0 Å². The van der Waals surface area contributed by atoms with E-state index in [1.807, 2.05) is 31.2 Å². The third-order valence-corrected chi connectivity index (χ3v) is 3.68. The number of hydrogen-bond donors (Lipinski definition) is 4. The molecule has 7 nitrogen and oxygen atoms in total. The molecule has 4 N–H and O–H groups in total. The summed E-state index contributed by atoms with van der Waals surface area (Å²) in [5.74, 6) is 0.994. The first-order chi connectivity index (χ1) is 12.1. The van der Waals surface area contributed by atoms with Gasteiger partial charge in [0.15, 0.2) is 5.96 Å². The molecule has 136 valence electrons. The van der Waals surface area contributed by atoms with Crippen molar-refractivity contribution in [2.45, 2.75) is 33.2 Å². The van der Waals surface area contributed by atoms with Crippen molar-refractivity contribution >= 4 is 23.5 Å². The van der Waals surface area contributed by atoms with E-state index in [0.717, 1.165) is 30.6 Å². The maximum atomic E-state index is 11.6. The Balaban J connectivity index is 1.81. The van der Waals surface area contributed by atoms with Crippen molar-refractivity contribution in [3.8, 4) is 0 Å². The number of hydrogen-bond acceptors (Lipinski definition) is 3. The van der Waals surface area contributed by atoms with Crippen LogP contribution in [-0.4, -0.2) is 37.4 Å². The Hall–Kier alpha value is -2.57. The monoisotopic (exact) mass is 345 g/mol. The fraction of sp³-hybridized carbons (Fsp3) is 0.500. The highest BCUT2D eigenvalue weighted by Gasteiger charge is 2.28. The molecule has 1 aliphatic rings. The van der Waals surface area contributed by atoms with Gasteiger partial charge in [0.25, 0.3) is 0 Å². The van der Waals surface area contributed by atoms with Gasteiger partial charge in [-0.3, -0.25) is 9.59 Å². The van der Waals surface area contributed by atoms with E-state index in [9.17, 15) is 9.59 Å². The molecule has 0 heterocycles. The fourth-order valence-electron chi connectivity index (χ4n) is 2.32. The van der Waals surface area contributed by atoms with Crippen LogP contribution >= 0.6 is 0 Å². The molecule has 0 aromatic heterocycles. The largest absolute Gasteiger partial charge is 0.357 e. The number of amides is 2. The van der Waals surface area contributed by atoms with Crippen molar-refractivity contribution < 1.29 is 9.59 Å². The zero-order valence-corrected chi connectivity index (χ0v) is 14.9. The Morgan fingerprint density at radius 3 is 2.60 bits per heavy atom. The number of carbonyl (C=O) groups is 2. The van der Waals surface area contributed by atoms with E-state index in [2.05, 4.69) is 26.3 Å². The first-order valence-electron chi connectivity index (χ1n) is 8.75. The predicted octanol–water partition coefficient (Wildman–Crippen LogP) is 1.23. The molecule has 1 saturated carbocycles. The highest BCUT2D eigenvalue weighted by Crippen LogP contribution is 2.28. The lowest BCUT2D eigenvalue weighted by Gasteiger charge is -2.12. The summed E-state index contributed by atoms with van der Waals surface area (Å²) in [6.45, 7) is 5.95. The molecule has 1 aromatic rings. The molecule has 2 amide bonds. The molecule has 2 rings (SSSR count). The summed E-state index contributed by atoms with van der Waals surface area (Å²) < 4.78 is 0. The lowest BCUT2D eigenvalue weighted by molar-refractivity contribution is -0.122. The van der Waals surface area contributed by atoms with Crippen LogP contribution in [0.3, 0.4) is 0 Å². The predicted molar refractivity (Wildman–Crippen MR) is 99.3 cm³/mol. The highest BCUT2D eigenvalue weighted by molar-refractivity contribution is 5.88. The second-order valence-corrected chi connectivity index (χ2v) is 6.07. The molecule has 0 atom stereocenters. The Labute approximate surface area is 148 Å². The van der Waals surface area contributed by atoms with Gasteiger partial charge in [-0.05, 0) is 37.5 Å². The SMILES string of the molecule is CCNC(=NCc1cccc(NC(C)=O)c1)NCCNC(=O)C1CC1. The highest BCUT2D eigenvalue weighted by atomic mass is 16.2. The molecule has 1 aromatic carbocycles. The number of benzene rings is 1. The van der Waals surface area contributed by atoms with Crippen molar-refractivity contribution in [2.75, 3.05) is 25.0 Å². The topological polar surface area (TPSA) is 94.6 Å². The molecule has 25 heavy (non-hydrogen) atoms.